The van der Waals surface area contributed by atoms with Crippen molar-refractivity contribution in [3.8, 4) is 23.2 Å². The van der Waals surface area contributed by atoms with Crippen molar-refractivity contribution in [1.82, 2.24) is 9.78 Å². The number of anilines is 1. The molecule has 2 aromatic carbocycles. The summed E-state index contributed by atoms with van der Waals surface area (Å²) in [4.78, 5) is 26.8. The van der Waals surface area contributed by atoms with Gasteiger partial charge in [-0.15, -0.1) is 0 Å². The Kier molecular flexibility index (Phi) is 6.09. The highest BCUT2D eigenvalue weighted by atomic mass is 16.5. The summed E-state index contributed by atoms with van der Waals surface area (Å²) in [6.07, 6.45) is 1.51. The molecule has 0 N–H and O–H groups in total. The Bertz CT molecular complexity index is 1240. The Morgan fingerprint density at radius 3 is 2.41 bits per heavy atom. The molecule has 0 saturated heterocycles. The van der Waals surface area contributed by atoms with Crippen LogP contribution in [0.3, 0.4) is 0 Å². The number of rotatable bonds is 7. The zero-order chi connectivity index (χ0) is 22.3. The number of ether oxygens (including phenoxy) is 1. The monoisotopic (exact) mass is 426 g/mol. The Hall–Kier alpha value is -4.64. The number of aromatic nitrogens is 2. The van der Waals surface area contributed by atoms with Crippen molar-refractivity contribution in [2.45, 2.75) is 0 Å². The Balaban J connectivity index is 1.56. The van der Waals surface area contributed by atoms with Gasteiger partial charge in [-0.05, 0) is 36.4 Å². The van der Waals surface area contributed by atoms with Crippen molar-refractivity contribution in [2.75, 3.05) is 18.1 Å². The van der Waals surface area contributed by atoms with Crippen molar-refractivity contribution in [1.29, 1.82) is 5.26 Å². The van der Waals surface area contributed by atoms with Crippen LogP contribution in [0.15, 0.2) is 89.5 Å². The minimum absolute atomic E-state index is 0.141. The number of hydrogen-bond acceptors (Lipinski definition) is 6. The molecule has 0 atom stereocenters. The maximum Gasteiger partial charge on any atom is 0.357 e. The molecular weight excluding hydrogens is 408 g/mol. The van der Waals surface area contributed by atoms with Crippen LogP contribution in [-0.2, 0) is 9.53 Å². The van der Waals surface area contributed by atoms with Gasteiger partial charge in [0.05, 0.1) is 18.0 Å². The first-order chi connectivity index (χ1) is 15.7. The van der Waals surface area contributed by atoms with E-state index < -0.39 is 18.5 Å². The van der Waals surface area contributed by atoms with Crippen molar-refractivity contribution < 1.29 is 18.7 Å². The van der Waals surface area contributed by atoms with Gasteiger partial charge >= 0.3 is 5.97 Å². The Morgan fingerprint density at radius 2 is 1.75 bits per heavy atom. The topological polar surface area (TPSA) is 101 Å². The lowest BCUT2D eigenvalue weighted by atomic mass is 10.3. The van der Waals surface area contributed by atoms with E-state index in [1.807, 2.05) is 24.3 Å². The predicted molar refractivity (Wildman–Crippen MR) is 116 cm³/mol. The van der Waals surface area contributed by atoms with Crippen LogP contribution in [0.5, 0.6) is 0 Å². The first-order valence-electron chi connectivity index (χ1n) is 9.76. The minimum Gasteiger partial charge on any atom is -0.463 e. The number of nitriles is 1. The number of nitrogens with zero attached hydrogens (tertiary/aromatic N) is 4. The van der Waals surface area contributed by atoms with Gasteiger partial charge in [-0.2, -0.15) is 10.4 Å². The number of hydrogen-bond donors (Lipinski definition) is 0. The molecule has 2 aromatic heterocycles. The molecule has 4 aromatic rings. The highest BCUT2D eigenvalue weighted by Crippen LogP contribution is 2.23. The lowest BCUT2D eigenvalue weighted by molar-refractivity contribution is -0.121. The number of esters is 1. The summed E-state index contributed by atoms with van der Waals surface area (Å²) in [5, 5.41) is 13.6. The highest BCUT2D eigenvalue weighted by Gasteiger charge is 2.23. The zero-order valence-electron chi connectivity index (χ0n) is 16.9. The average Bonchev–Trinajstić information content (AvgIpc) is 3.52. The van der Waals surface area contributed by atoms with Gasteiger partial charge in [0.25, 0.3) is 5.91 Å². The third-order valence-electron chi connectivity index (χ3n) is 4.62. The third kappa shape index (κ3) is 4.42. The van der Waals surface area contributed by atoms with Crippen LogP contribution in [-0.4, -0.2) is 34.8 Å². The van der Waals surface area contributed by atoms with E-state index in [9.17, 15) is 9.59 Å². The van der Waals surface area contributed by atoms with E-state index in [4.69, 9.17) is 14.4 Å². The second-order valence-corrected chi connectivity index (χ2v) is 6.69. The average molecular weight is 426 g/mol. The summed E-state index contributed by atoms with van der Waals surface area (Å²) in [6.45, 7) is -0.684. The van der Waals surface area contributed by atoms with E-state index in [-0.39, 0.29) is 12.2 Å². The van der Waals surface area contributed by atoms with Gasteiger partial charge in [0.15, 0.2) is 18.1 Å². The number of para-hydroxylation sites is 2. The standard InChI is InChI=1S/C24H18N4O4/c25-13-14-27(18-8-3-1-4-9-18)23(29)17-32-24(30)21-16-20(22-12-7-15-31-22)26-28(21)19-10-5-2-6-11-19/h1-12,15-16H,14,17H2. The normalized spacial score (nSPS) is 10.3. The van der Waals surface area contributed by atoms with Gasteiger partial charge in [-0.3, -0.25) is 9.69 Å². The van der Waals surface area contributed by atoms with Crippen LogP contribution in [0.4, 0.5) is 5.69 Å². The number of amides is 1. The van der Waals surface area contributed by atoms with E-state index in [1.165, 1.54) is 15.8 Å². The smallest absolute Gasteiger partial charge is 0.357 e. The Labute approximate surface area is 183 Å². The molecule has 0 radical (unpaired) electrons. The van der Waals surface area contributed by atoms with E-state index in [2.05, 4.69) is 5.10 Å². The predicted octanol–water partition coefficient (Wildman–Crippen LogP) is 3.85. The second-order valence-electron chi connectivity index (χ2n) is 6.69. The van der Waals surface area contributed by atoms with Gasteiger partial charge in [0.2, 0.25) is 0 Å². The van der Waals surface area contributed by atoms with Crippen LogP contribution < -0.4 is 4.90 Å². The maximum absolute atomic E-state index is 12.9. The minimum atomic E-state index is -0.725. The van der Waals surface area contributed by atoms with Gasteiger partial charge in [0.1, 0.15) is 12.2 Å². The fraction of sp³-hybridized carbons (Fsp3) is 0.0833. The van der Waals surface area contributed by atoms with Crippen LogP contribution in [0.2, 0.25) is 0 Å². The summed E-state index contributed by atoms with van der Waals surface area (Å²) in [5.74, 6) is -0.741. The molecule has 0 fully saturated rings. The lowest BCUT2D eigenvalue weighted by Crippen LogP contribution is -2.35. The number of benzene rings is 2. The van der Waals surface area contributed by atoms with Crippen molar-refractivity contribution >= 4 is 17.6 Å². The number of carbonyl (C=O) groups is 2. The number of carbonyl (C=O) groups excluding carboxylic acids is 2. The molecule has 8 nitrogen and oxygen atoms in total. The fourth-order valence-electron chi connectivity index (χ4n) is 3.12. The molecule has 0 spiro atoms. The van der Waals surface area contributed by atoms with Crippen molar-refractivity contribution in [2.24, 2.45) is 0 Å². The summed E-state index contributed by atoms with van der Waals surface area (Å²) >= 11 is 0. The SMILES string of the molecule is N#CCN(C(=O)COC(=O)c1cc(-c2ccco2)nn1-c1ccccc1)c1ccccc1. The maximum atomic E-state index is 12.9. The van der Waals surface area contributed by atoms with E-state index in [0.717, 1.165) is 0 Å². The van der Waals surface area contributed by atoms with Crippen LogP contribution in [0.25, 0.3) is 17.1 Å². The lowest BCUT2D eigenvalue weighted by Gasteiger charge is -2.19. The molecule has 2 heterocycles. The quantitative estimate of drug-likeness (QED) is 0.329. The fourth-order valence-corrected chi connectivity index (χ4v) is 3.12. The van der Waals surface area contributed by atoms with Crippen LogP contribution >= 0.6 is 0 Å². The van der Waals surface area contributed by atoms with Crippen LogP contribution in [0.1, 0.15) is 10.5 Å². The summed E-state index contributed by atoms with van der Waals surface area (Å²) in [6, 6.07) is 24.8. The first-order valence-corrected chi connectivity index (χ1v) is 9.76. The molecule has 0 bridgehead atoms. The molecule has 32 heavy (non-hydrogen) atoms. The third-order valence-corrected chi connectivity index (χ3v) is 4.62. The second kappa shape index (κ2) is 9.45. The van der Waals surface area contributed by atoms with E-state index in [1.54, 1.807) is 60.7 Å². The van der Waals surface area contributed by atoms with Gasteiger partial charge in [0, 0.05) is 11.8 Å². The molecule has 158 valence electrons. The zero-order valence-corrected chi connectivity index (χ0v) is 16.9. The molecule has 0 aliphatic carbocycles. The first kappa shape index (κ1) is 20.6. The summed E-state index contributed by atoms with van der Waals surface area (Å²) < 4.78 is 12.1. The van der Waals surface area contributed by atoms with Gasteiger partial charge in [-0.25, -0.2) is 9.48 Å². The molecule has 8 heteroatoms. The summed E-state index contributed by atoms with van der Waals surface area (Å²) in [7, 11) is 0. The van der Waals surface area contributed by atoms with E-state index >= 15 is 0 Å². The largest absolute Gasteiger partial charge is 0.463 e. The van der Waals surface area contributed by atoms with Gasteiger partial charge in [-0.1, -0.05) is 36.4 Å². The molecule has 4 rings (SSSR count). The van der Waals surface area contributed by atoms with Gasteiger partial charge < -0.3 is 9.15 Å². The molecule has 0 saturated carbocycles. The molecule has 1 amide bonds. The molecule has 0 aliphatic heterocycles. The molecule has 0 aliphatic rings. The Morgan fingerprint density at radius 1 is 1.03 bits per heavy atom. The van der Waals surface area contributed by atoms with Crippen molar-refractivity contribution in [3.63, 3.8) is 0 Å². The van der Waals surface area contributed by atoms with E-state index in [0.29, 0.717) is 22.8 Å². The molecule has 0 unspecified atom stereocenters. The summed E-state index contributed by atoms with van der Waals surface area (Å²) in [5.41, 5.74) is 1.79. The molecular formula is C24H18N4O4. The highest BCUT2D eigenvalue weighted by molar-refractivity contribution is 5.97. The van der Waals surface area contributed by atoms with Crippen LogP contribution in [0, 0.1) is 11.3 Å². The number of furan rings is 1. The van der Waals surface area contributed by atoms with Crippen molar-refractivity contribution in [3.05, 3.63) is 90.8 Å².